The Labute approximate surface area is 185 Å². The highest BCUT2D eigenvalue weighted by atomic mass is 35.5. The number of hydrogen-bond donors (Lipinski definition) is 2. The first-order valence-electron chi connectivity index (χ1n) is 8.70. The van der Waals surface area contributed by atoms with Crippen molar-refractivity contribution in [1.82, 2.24) is 4.98 Å². The molecule has 2 aromatic carbocycles. The maximum Gasteiger partial charge on any atom is 0.257 e. The minimum Gasteiger partial charge on any atom is -0.324 e. The van der Waals surface area contributed by atoms with Crippen LogP contribution >= 0.6 is 46.3 Å². The second-order valence-corrected chi connectivity index (χ2v) is 9.80. The van der Waals surface area contributed by atoms with Crippen LogP contribution in [-0.2, 0) is 11.2 Å². The molecule has 1 aliphatic rings. The number of fused-ring (bicyclic) bond motifs is 1. The van der Waals surface area contributed by atoms with E-state index in [1.54, 1.807) is 30.5 Å². The van der Waals surface area contributed by atoms with Crippen molar-refractivity contribution in [3.05, 3.63) is 68.6 Å². The van der Waals surface area contributed by atoms with Crippen LogP contribution < -0.4 is 10.6 Å². The van der Waals surface area contributed by atoms with Crippen LogP contribution in [0.1, 0.15) is 27.7 Å². The van der Waals surface area contributed by atoms with Crippen molar-refractivity contribution in [3.63, 3.8) is 0 Å². The van der Waals surface area contributed by atoms with Gasteiger partial charge in [-0.05, 0) is 48.9 Å². The van der Waals surface area contributed by atoms with Crippen LogP contribution in [0.25, 0.3) is 0 Å². The number of carbonyl (C=O) groups excluding carboxylic acids is 2. The molecule has 2 N–H and O–H groups in total. The normalized spacial score (nSPS) is 15.6. The first kappa shape index (κ1) is 20.2. The van der Waals surface area contributed by atoms with Crippen LogP contribution in [0.5, 0.6) is 0 Å². The van der Waals surface area contributed by atoms with E-state index in [9.17, 15) is 9.59 Å². The lowest BCUT2D eigenvalue weighted by Gasteiger charge is -2.21. The number of thiazole rings is 1. The summed E-state index contributed by atoms with van der Waals surface area (Å²) >= 11 is 15.1. The molecule has 148 valence electrons. The molecule has 0 bridgehead atoms. The van der Waals surface area contributed by atoms with E-state index in [1.807, 2.05) is 19.1 Å². The molecule has 0 radical (unpaired) electrons. The highest BCUT2D eigenvalue weighted by Crippen LogP contribution is 2.36. The summed E-state index contributed by atoms with van der Waals surface area (Å²) in [7, 11) is 0. The summed E-state index contributed by atoms with van der Waals surface area (Å²) in [6.45, 7) is 1.85. The number of hydrogen-bond acceptors (Lipinski definition) is 5. The third-order valence-electron chi connectivity index (χ3n) is 4.32. The van der Waals surface area contributed by atoms with E-state index in [0.29, 0.717) is 32.8 Å². The van der Waals surface area contributed by atoms with E-state index in [1.165, 1.54) is 23.1 Å². The molecule has 4 rings (SSSR count). The number of thioether (sulfide) groups is 1. The maximum atomic E-state index is 12.6. The smallest absolute Gasteiger partial charge is 0.257 e. The molecular weight excluding hydrogens is 449 g/mol. The average molecular weight is 464 g/mol. The highest BCUT2D eigenvalue weighted by Gasteiger charge is 2.24. The van der Waals surface area contributed by atoms with Gasteiger partial charge in [-0.3, -0.25) is 14.9 Å². The van der Waals surface area contributed by atoms with Gasteiger partial charge in [0.1, 0.15) is 0 Å². The molecule has 0 saturated heterocycles. The quantitative estimate of drug-likeness (QED) is 0.518. The van der Waals surface area contributed by atoms with Crippen molar-refractivity contribution >= 4 is 68.9 Å². The van der Waals surface area contributed by atoms with Crippen LogP contribution in [0.3, 0.4) is 0 Å². The number of nitrogens with one attached hydrogen (secondary N) is 2. The van der Waals surface area contributed by atoms with Crippen molar-refractivity contribution in [1.29, 1.82) is 0 Å². The Morgan fingerprint density at radius 1 is 1.24 bits per heavy atom. The van der Waals surface area contributed by atoms with Crippen LogP contribution in [0, 0.1) is 0 Å². The number of amides is 2. The van der Waals surface area contributed by atoms with Gasteiger partial charge in [-0.1, -0.05) is 23.2 Å². The summed E-state index contributed by atoms with van der Waals surface area (Å²) < 4.78 is 0. The second-order valence-electron chi connectivity index (χ2n) is 6.46. The zero-order chi connectivity index (χ0) is 20.5. The van der Waals surface area contributed by atoms with E-state index in [4.69, 9.17) is 23.2 Å². The predicted octanol–water partition coefficient (Wildman–Crippen LogP) is 5.73. The fourth-order valence-electron chi connectivity index (χ4n) is 2.83. The number of nitrogens with zero attached hydrogens (tertiary/aromatic N) is 1. The summed E-state index contributed by atoms with van der Waals surface area (Å²) in [5.41, 5.74) is 2.01. The molecule has 2 amide bonds. The molecule has 29 heavy (non-hydrogen) atoms. The van der Waals surface area contributed by atoms with Gasteiger partial charge < -0.3 is 5.32 Å². The topological polar surface area (TPSA) is 71.1 Å². The fraction of sp³-hybridized carbons (Fsp3) is 0.150. The van der Waals surface area contributed by atoms with Gasteiger partial charge in [0.25, 0.3) is 5.91 Å². The number of aromatic nitrogens is 1. The zero-order valence-electron chi connectivity index (χ0n) is 15.2. The monoisotopic (exact) mass is 463 g/mol. The molecule has 1 unspecified atom stereocenters. The molecule has 1 aromatic heterocycles. The largest absolute Gasteiger partial charge is 0.324 e. The highest BCUT2D eigenvalue weighted by molar-refractivity contribution is 8.00. The molecule has 1 atom stereocenters. The van der Waals surface area contributed by atoms with Crippen molar-refractivity contribution in [2.24, 2.45) is 0 Å². The second kappa shape index (κ2) is 8.36. The number of benzene rings is 2. The van der Waals surface area contributed by atoms with Crippen molar-refractivity contribution in [2.75, 3.05) is 10.6 Å². The van der Waals surface area contributed by atoms with E-state index >= 15 is 0 Å². The van der Waals surface area contributed by atoms with Gasteiger partial charge in [0.05, 0.1) is 10.9 Å². The third kappa shape index (κ3) is 4.59. The van der Waals surface area contributed by atoms with Gasteiger partial charge in [0.15, 0.2) is 5.13 Å². The standard InChI is InChI=1S/C20H15Cl2N3O2S2/c1-10-18(26)24-16-8-11(2-5-17(16)28-10)19(27)25-20-23-9-14(29-20)7-12-6-13(21)3-4-15(12)22/h2-6,8-10H,7H2,1H3,(H,24,26)(H,23,25,27). The summed E-state index contributed by atoms with van der Waals surface area (Å²) in [6, 6.07) is 10.6. The number of rotatable bonds is 4. The zero-order valence-corrected chi connectivity index (χ0v) is 18.3. The summed E-state index contributed by atoms with van der Waals surface area (Å²) in [4.78, 5) is 30.7. The van der Waals surface area contributed by atoms with E-state index < -0.39 is 0 Å². The predicted molar refractivity (Wildman–Crippen MR) is 120 cm³/mol. The van der Waals surface area contributed by atoms with Crippen molar-refractivity contribution < 1.29 is 9.59 Å². The Balaban J connectivity index is 1.46. The SMILES string of the molecule is CC1Sc2ccc(C(=O)Nc3ncc(Cc4cc(Cl)ccc4Cl)s3)cc2NC1=O. The Morgan fingerprint density at radius 3 is 2.90 bits per heavy atom. The maximum absolute atomic E-state index is 12.6. The lowest BCUT2D eigenvalue weighted by molar-refractivity contribution is -0.115. The summed E-state index contributed by atoms with van der Waals surface area (Å²) in [5, 5.41) is 7.24. The lowest BCUT2D eigenvalue weighted by Crippen LogP contribution is -2.26. The summed E-state index contributed by atoms with van der Waals surface area (Å²) in [6.07, 6.45) is 2.29. The lowest BCUT2D eigenvalue weighted by atomic mass is 10.1. The van der Waals surface area contributed by atoms with Crippen LogP contribution in [-0.4, -0.2) is 22.0 Å². The minimum absolute atomic E-state index is 0.0655. The number of carbonyl (C=O) groups is 2. The fourth-order valence-corrected chi connectivity index (χ4v) is 4.97. The Morgan fingerprint density at radius 2 is 2.07 bits per heavy atom. The molecule has 3 aromatic rings. The first-order chi connectivity index (χ1) is 13.9. The van der Waals surface area contributed by atoms with Gasteiger partial charge in [-0.2, -0.15) is 0 Å². The van der Waals surface area contributed by atoms with Crippen LogP contribution in [0.2, 0.25) is 10.0 Å². The molecule has 2 heterocycles. The van der Waals surface area contributed by atoms with Crippen molar-refractivity contribution in [3.8, 4) is 0 Å². The average Bonchev–Trinajstić information content (AvgIpc) is 3.12. The molecule has 0 fully saturated rings. The van der Waals surface area contributed by atoms with Crippen LogP contribution in [0.15, 0.2) is 47.5 Å². The Hall–Kier alpha value is -2.06. The van der Waals surface area contributed by atoms with E-state index in [-0.39, 0.29) is 17.1 Å². The molecule has 1 aliphatic heterocycles. The van der Waals surface area contributed by atoms with E-state index in [2.05, 4.69) is 15.6 Å². The van der Waals surface area contributed by atoms with Gasteiger partial charge >= 0.3 is 0 Å². The van der Waals surface area contributed by atoms with Crippen LogP contribution in [0.4, 0.5) is 10.8 Å². The third-order valence-corrected chi connectivity index (χ3v) is 7.01. The van der Waals surface area contributed by atoms with Crippen molar-refractivity contribution in [2.45, 2.75) is 23.5 Å². The molecule has 9 heteroatoms. The molecule has 0 saturated carbocycles. The van der Waals surface area contributed by atoms with Gasteiger partial charge in [0, 0.05) is 38.0 Å². The molecular formula is C20H15Cl2N3O2S2. The molecule has 5 nitrogen and oxygen atoms in total. The van der Waals surface area contributed by atoms with E-state index in [0.717, 1.165) is 15.3 Å². The molecule has 0 aliphatic carbocycles. The first-order valence-corrected chi connectivity index (χ1v) is 11.2. The van der Waals surface area contributed by atoms with Gasteiger partial charge in [0.2, 0.25) is 5.91 Å². The minimum atomic E-state index is -0.285. The molecule has 0 spiro atoms. The number of anilines is 2. The summed E-state index contributed by atoms with van der Waals surface area (Å²) in [5.74, 6) is -0.350. The Kier molecular flexibility index (Phi) is 5.83. The van der Waals surface area contributed by atoms with Gasteiger partial charge in [-0.25, -0.2) is 4.98 Å². The number of halogens is 2. The van der Waals surface area contributed by atoms with Gasteiger partial charge in [-0.15, -0.1) is 23.1 Å². The Bertz CT molecular complexity index is 1120.